The number of nitrogens with zero attached hydrogens (tertiary/aromatic N) is 4. The molecule has 4 heterocycles. The van der Waals surface area contributed by atoms with Gasteiger partial charge in [0.15, 0.2) is 5.65 Å². The van der Waals surface area contributed by atoms with E-state index in [-0.39, 0.29) is 0 Å². The second-order valence-corrected chi connectivity index (χ2v) is 8.79. The summed E-state index contributed by atoms with van der Waals surface area (Å²) in [5.41, 5.74) is 7.01. The summed E-state index contributed by atoms with van der Waals surface area (Å²) in [6.45, 7) is 5.23. The molecule has 0 fully saturated rings. The van der Waals surface area contributed by atoms with Crippen molar-refractivity contribution in [2.45, 2.75) is 38.6 Å². The molecule has 1 aliphatic carbocycles. The number of rotatable bonds is 7. The highest BCUT2D eigenvalue weighted by molar-refractivity contribution is 5.77. The normalized spacial score (nSPS) is 19.6. The fourth-order valence-electron chi connectivity index (χ4n) is 4.63. The minimum Gasteiger partial charge on any atom is -0.384 e. The van der Waals surface area contributed by atoms with Crippen molar-refractivity contribution >= 4 is 11.3 Å². The largest absolute Gasteiger partial charge is 0.384 e. The van der Waals surface area contributed by atoms with E-state index in [9.17, 15) is 5.26 Å². The Morgan fingerprint density at radius 2 is 2.06 bits per heavy atom. The van der Waals surface area contributed by atoms with Crippen molar-refractivity contribution in [2.75, 3.05) is 11.9 Å². The topological polar surface area (TPSA) is 78.0 Å². The lowest BCUT2D eigenvalue weighted by molar-refractivity contribution is 0.620. The molecule has 0 saturated heterocycles. The summed E-state index contributed by atoms with van der Waals surface area (Å²) in [7, 11) is 0. The zero-order chi connectivity index (χ0) is 22.8. The van der Waals surface area contributed by atoms with E-state index < -0.39 is 0 Å². The molecule has 2 aliphatic rings. The first-order valence-corrected chi connectivity index (χ1v) is 11.6. The van der Waals surface area contributed by atoms with Gasteiger partial charge in [0.1, 0.15) is 6.07 Å². The second-order valence-electron chi connectivity index (χ2n) is 8.79. The summed E-state index contributed by atoms with van der Waals surface area (Å²) in [4.78, 5) is 9.02. The standard InChI is InChI=1S/C27H28N6/c1-3-18(2)26-16-32-27-25(30-9-8-20-15-31-24-7-5-4-6-23(20)24)11-22(17-33(26)27)21-10-19(12-28)13-29-14-21/h4-7,10-11,13-18,23-24,30-31H,3,8-9H2,1-2H3. The number of nitriles is 1. The predicted octanol–water partition coefficient (Wildman–Crippen LogP) is 5.18. The van der Waals surface area contributed by atoms with Crippen molar-refractivity contribution < 1.29 is 0 Å². The summed E-state index contributed by atoms with van der Waals surface area (Å²) in [5.74, 6) is 0.829. The van der Waals surface area contributed by atoms with Crippen molar-refractivity contribution in [1.82, 2.24) is 19.7 Å². The van der Waals surface area contributed by atoms with Crippen LogP contribution in [0.1, 0.15) is 43.9 Å². The molecule has 0 radical (unpaired) electrons. The molecule has 3 aromatic heterocycles. The molecular formula is C27H28N6. The molecular weight excluding hydrogens is 408 g/mol. The van der Waals surface area contributed by atoms with Crippen LogP contribution in [0.5, 0.6) is 0 Å². The second kappa shape index (κ2) is 8.95. The zero-order valence-corrected chi connectivity index (χ0v) is 19.0. The Balaban J connectivity index is 1.45. The van der Waals surface area contributed by atoms with Crippen molar-refractivity contribution in [2.24, 2.45) is 5.92 Å². The van der Waals surface area contributed by atoms with Crippen LogP contribution in [0.3, 0.4) is 0 Å². The van der Waals surface area contributed by atoms with Gasteiger partial charge in [-0.25, -0.2) is 4.98 Å². The van der Waals surface area contributed by atoms with Gasteiger partial charge >= 0.3 is 0 Å². The van der Waals surface area contributed by atoms with Gasteiger partial charge < -0.3 is 15.0 Å². The van der Waals surface area contributed by atoms with Gasteiger partial charge in [-0.1, -0.05) is 38.2 Å². The number of hydrogen-bond acceptors (Lipinski definition) is 5. The Hall–Kier alpha value is -3.85. The van der Waals surface area contributed by atoms with Gasteiger partial charge in [0.05, 0.1) is 17.3 Å². The minimum absolute atomic E-state index is 0.380. The molecule has 0 aromatic carbocycles. The average Bonchev–Trinajstić information content (AvgIpc) is 3.48. The van der Waals surface area contributed by atoms with E-state index in [4.69, 9.17) is 4.98 Å². The number of allylic oxidation sites excluding steroid dienone is 2. The Bertz CT molecular complexity index is 1310. The number of aromatic nitrogens is 3. The van der Waals surface area contributed by atoms with Gasteiger partial charge in [0.25, 0.3) is 0 Å². The number of nitrogens with one attached hydrogen (secondary N) is 2. The molecule has 6 nitrogen and oxygen atoms in total. The fourth-order valence-corrected chi connectivity index (χ4v) is 4.63. The van der Waals surface area contributed by atoms with Gasteiger partial charge in [-0.2, -0.15) is 5.26 Å². The van der Waals surface area contributed by atoms with Crippen molar-refractivity contribution in [3.63, 3.8) is 0 Å². The highest BCUT2D eigenvalue weighted by Gasteiger charge is 2.26. The number of anilines is 1. The monoisotopic (exact) mass is 436 g/mol. The van der Waals surface area contributed by atoms with Gasteiger partial charge in [-0.3, -0.25) is 4.98 Å². The van der Waals surface area contributed by atoms with Crippen LogP contribution in [0.25, 0.3) is 16.8 Å². The Morgan fingerprint density at radius 1 is 1.18 bits per heavy atom. The third kappa shape index (κ3) is 4.03. The lowest BCUT2D eigenvalue weighted by Gasteiger charge is -2.19. The Morgan fingerprint density at radius 3 is 2.91 bits per heavy atom. The van der Waals surface area contributed by atoms with E-state index in [1.54, 1.807) is 6.20 Å². The van der Waals surface area contributed by atoms with Crippen LogP contribution in [0.4, 0.5) is 5.69 Å². The Labute approximate surface area is 194 Å². The lowest BCUT2D eigenvalue weighted by Crippen LogP contribution is -2.25. The summed E-state index contributed by atoms with van der Waals surface area (Å²) in [5, 5.41) is 16.4. The van der Waals surface area contributed by atoms with Crippen LogP contribution in [-0.4, -0.2) is 27.0 Å². The molecule has 6 heteroatoms. The van der Waals surface area contributed by atoms with Gasteiger partial charge in [-0.15, -0.1) is 0 Å². The minimum atomic E-state index is 0.380. The molecule has 3 atom stereocenters. The third-order valence-electron chi connectivity index (χ3n) is 6.71. The molecule has 0 spiro atoms. The predicted molar refractivity (Wildman–Crippen MR) is 132 cm³/mol. The molecule has 5 rings (SSSR count). The molecule has 2 N–H and O–H groups in total. The number of hydrogen-bond donors (Lipinski definition) is 2. The van der Waals surface area contributed by atoms with Crippen LogP contribution in [0, 0.1) is 17.2 Å². The van der Waals surface area contributed by atoms with E-state index in [0.29, 0.717) is 23.4 Å². The third-order valence-corrected chi connectivity index (χ3v) is 6.71. The van der Waals surface area contributed by atoms with Crippen LogP contribution in [0.2, 0.25) is 0 Å². The molecule has 3 unspecified atom stereocenters. The Kier molecular flexibility index (Phi) is 5.70. The summed E-state index contributed by atoms with van der Waals surface area (Å²) < 4.78 is 2.19. The first-order valence-electron chi connectivity index (χ1n) is 11.6. The zero-order valence-electron chi connectivity index (χ0n) is 19.0. The maximum atomic E-state index is 9.32. The van der Waals surface area contributed by atoms with Gasteiger partial charge in [0, 0.05) is 54.1 Å². The van der Waals surface area contributed by atoms with E-state index >= 15 is 0 Å². The number of pyridine rings is 2. The first kappa shape index (κ1) is 21.0. The van der Waals surface area contributed by atoms with Crippen LogP contribution in [0.15, 0.2) is 73.0 Å². The van der Waals surface area contributed by atoms with Crippen molar-refractivity contribution in [3.8, 4) is 17.2 Å². The highest BCUT2D eigenvalue weighted by Crippen LogP contribution is 2.31. The smallest absolute Gasteiger partial charge is 0.160 e. The number of imidazole rings is 1. The van der Waals surface area contributed by atoms with Crippen molar-refractivity contribution in [3.05, 3.63) is 84.3 Å². The fraction of sp³-hybridized carbons (Fsp3) is 0.296. The highest BCUT2D eigenvalue weighted by atomic mass is 15.0. The van der Waals surface area contributed by atoms with E-state index in [1.807, 2.05) is 18.5 Å². The molecule has 3 aromatic rings. The van der Waals surface area contributed by atoms with Crippen LogP contribution < -0.4 is 10.6 Å². The van der Waals surface area contributed by atoms with Gasteiger partial charge in [-0.05, 0) is 42.7 Å². The SMILES string of the molecule is CCC(C)c1cnc2c(NCCC3=CNC4C=CC=CC34)cc(-c3cncc(C#N)c3)cn12. The molecule has 0 bridgehead atoms. The summed E-state index contributed by atoms with van der Waals surface area (Å²) in [6.07, 6.45) is 20.4. The summed E-state index contributed by atoms with van der Waals surface area (Å²) in [6, 6.07) is 6.58. The number of fused-ring (bicyclic) bond motifs is 2. The molecule has 1 aliphatic heterocycles. The van der Waals surface area contributed by atoms with E-state index in [1.165, 1.54) is 11.3 Å². The molecule has 0 amide bonds. The molecule has 166 valence electrons. The molecule has 33 heavy (non-hydrogen) atoms. The first-order chi connectivity index (χ1) is 16.2. The van der Waals surface area contributed by atoms with E-state index in [2.05, 4.69) is 82.7 Å². The van der Waals surface area contributed by atoms with Gasteiger partial charge in [0.2, 0.25) is 0 Å². The molecule has 0 saturated carbocycles. The van der Waals surface area contributed by atoms with Crippen LogP contribution in [-0.2, 0) is 0 Å². The maximum absolute atomic E-state index is 9.32. The lowest BCUT2D eigenvalue weighted by atomic mass is 9.90. The van der Waals surface area contributed by atoms with E-state index in [0.717, 1.165) is 41.8 Å². The summed E-state index contributed by atoms with van der Waals surface area (Å²) >= 11 is 0. The average molecular weight is 437 g/mol. The van der Waals surface area contributed by atoms with Crippen molar-refractivity contribution in [1.29, 1.82) is 5.26 Å². The maximum Gasteiger partial charge on any atom is 0.160 e. The van der Waals surface area contributed by atoms with Crippen LogP contribution >= 0.6 is 0 Å². The quantitative estimate of drug-likeness (QED) is 0.533.